The highest BCUT2D eigenvalue weighted by molar-refractivity contribution is 5.99. The molecular formula is C18H19N3O2. The molecule has 1 atom stereocenters. The average Bonchev–Trinajstić information content (AvgIpc) is 3.26. The molecule has 1 amide bonds. The van der Waals surface area contributed by atoms with E-state index in [0.717, 1.165) is 41.5 Å². The van der Waals surface area contributed by atoms with Crippen LogP contribution in [0.3, 0.4) is 0 Å². The zero-order chi connectivity index (χ0) is 16.0. The third-order valence-electron chi connectivity index (χ3n) is 4.66. The molecule has 0 bridgehead atoms. The molecule has 118 valence electrons. The first kappa shape index (κ1) is 14.1. The molecule has 0 unspecified atom stereocenters. The summed E-state index contributed by atoms with van der Waals surface area (Å²) >= 11 is 0. The third kappa shape index (κ3) is 2.23. The fraction of sp³-hybridized carbons (Fsp3) is 0.333. The van der Waals surface area contributed by atoms with E-state index in [9.17, 15) is 4.79 Å². The fourth-order valence-corrected chi connectivity index (χ4v) is 3.48. The zero-order valence-electron chi connectivity index (χ0n) is 13.3. The molecule has 2 aromatic heterocycles. The molecule has 3 heterocycles. The lowest BCUT2D eigenvalue weighted by molar-refractivity contribution is 0.0704. The van der Waals surface area contributed by atoms with Crippen LogP contribution >= 0.6 is 0 Å². The Kier molecular flexibility index (Phi) is 3.22. The van der Waals surface area contributed by atoms with Crippen molar-refractivity contribution in [2.75, 3.05) is 6.54 Å². The number of nitrogens with zero attached hydrogens (tertiary/aromatic N) is 3. The average molecular weight is 309 g/mol. The molecule has 0 spiro atoms. The quantitative estimate of drug-likeness (QED) is 0.728. The largest absolute Gasteiger partial charge is 0.451 e. The molecular weight excluding hydrogens is 290 g/mol. The summed E-state index contributed by atoms with van der Waals surface area (Å²) in [5, 5.41) is 5.24. The number of aromatic nitrogens is 2. The lowest BCUT2D eigenvalue weighted by Crippen LogP contribution is -2.30. The van der Waals surface area contributed by atoms with Gasteiger partial charge in [-0.25, -0.2) is 0 Å². The number of para-hydroxylation sites is 1. The van der Waals surface area contributed by atoms with Gasteiger partial charge in [-0.05, 0) is 25.8 Å². The van der Waals surface area contributed by atoms with Crippen molar-refractivity contribution >= 4 is 16.9 Å². The number of benzene rings is 1. The molecule has 1 aliphatic rings. The molecule has 4 rings (SSSR count). The molecule has 0 saturated carbocycles. The minimum atomic E-state index is -0.0231. The van der Waals surface area contributed by atoms with E-state index in [0.29, 0.717) is 5.76 Å². The molecule has 5 heteroatoms. The summed E-state index contributed by atoms with van der Waals surface area (Å²) in [5.41, 5.74) is 2.78. The first-order chi connectivity index (χ1) is 11.1. The first-order valence-corrected chi connectivity index (χ1v) is 7.93. The fourth-order valence-electron chi connectivity index (χ4n) is 3.48. The van der Waals surface area contributed by atoms with Crippen molar-refractivity contribution in [1.29, 1.82) is 0 Å². The van der Waals surface area contributed by atoms with E-state index in [-0.39, 0.29) is 11.9 Å². The van der Waals surface area contributed by atoms with Crippen LogP contribution in [-0.4, -0.2) is 27.1 Å². The topological polar surface area (TPSA) is 51.3 Å². The van der Waals surface area contributed by atoms with Gasteiger partial charge in [-0.15, -0.1) is 0 Å². The Labute approximate surface area is 134 Å². The molecule has 3 aromatic rings. The summed E-state index contributed by atoms with van der Waals surface area (Å²) in [6.45, 7) is 2.71. The van der Waals surface area contributed by atoms with Gasteiger partial charge in [-0.1, -0.05) is 18.2 Å². The van der Waals surface area contributed by atoms with Crippen LogP contribution in [0, 0.1) is 6.92 Å². The van der Waals surface area contributed by atoms with Gasteiger partial charge in [0.15, 0.2) is 5.76 Å². The van der Waals surface area contributed by atoms with Gasteiger partial charge < -0.3 is 9.32 Å². The molecule has 0 aliphatic carbocycles. The van der Waals surface area contributed by atoms with Crippen LogP contribution in [0.4, 0.5) is 0 Å². The van der Waals surface area contributed by atoms with Crippen LogP contribution in [0.2, 0.25) is 0 Å². The maximum Gasteiger partial charge on any atom is 0.290 e. The lowest BCUT2D eigenvalue weighted by Gasteiger charge is -2.23. The predicted octanol–water partition coefficient (Wildman–Crippen LogP) is 3.45. The smallest absolute Gasteiger partial charge is 0.290 e. The highest BCUT2D eigenvalue weighted by Gasteiger charge is 2.33. The highest BCUT2D eigenvalue weighted by atomic mass is 16.3. The molecule has 5 nitrogen and oxygen atoms in total. The van der Waals surface area contributed by atoms with E-state index in [2.05, 4.69) is 5.10 Å². The van der Waals surface area contributed by atoms with Crippen LogP contribution in [0.15, 0.2) is 41.1 Å². The number of hydrogen-bond donors (Lipinski definition) is 0. The van der Waals surface area contributed by atoms with E-state index in [1.165, 1.54) is 0 Å². The Bertz CT molecular complexity index is 877. The maximum atomic E-state index is 13.0. The van der Waals surface area contributed by atoms with Gasteiger partial charge in [-0.3, -0.25) is 9.48 Å². The summed E-state index contributed by atoms with van der Waals surface area (Å²) in [7, 11) is 1.90. The van der Waals surface area contributed by atoms with E-state index in [1.807, 2.05) is 55.5 Å². The summed E-state index contributed by atoms with van der Waals surface area (Å²) in [6, 6.07) is 7.88. The van der Waals surface area contributed by atoms with Gasteiger partial charge in [0, 0.05) is 36.3 Å². The zero-order valence-corrected chi connectivity index (χ0v) is 13.3. The molecule has 1 saturated heterocycles. The van der Waals surface area contributed by atoms with Crippen LogP contribution in [-0.2, 0) is 7.05 Å². The van der Waals surface area contributed by atoms with Gasteiger partial charge in [0.2, 0.25) is 0 Å². The normalized spacial score (nSPS) is 18.0. The second-order valence-corrected chi connectivity index (χ2v) is 6.16. The number of rotatable bonds is 2. The number of likely N-dealkylation sites (tertiary alicyclic amines) is 1. The second kappa shape index (κ2) is 5.26. The predicted molar refractivity (Wildman–Crippen MR) is 87.2 cm³/mol. The SMILES string of the molecule is Cc1c(C(=O)N2CCC[C@@H]2c2cnn(C)c2)oc2ccccc12. The number of furan rings is 1. The van der Waals surface area contributed by atoms with Crippen molar-refractivity contribution in [3.05, 3.63) is 53.5 Å². The van der Waals surface area contributed by atoms with Crippen molar-refractivity contribution in [3.8, 4) is 0 Å². The van der Waals surface area contributed by atoms with Crippen LogP contribution in [0.25, 0.3) is 11.0 Å². The van der Waals surface area contributed by atoms with Crippen LogP contribution in [0.1, 0.15) is 40.6 Å². The Balaban J connectivity index is 1.71. The molecule has 0 N–H and O–H groups in total. The Morgan fingerprint density at radius 2 is 2.17 bits per heavy atom. The number of fused-ring (bicyclic) bond motifs is 1. The van der Waals surface area contributed by atoms with Gasteiger partial charge in [0.1, 0.15) is 5.58 Å². The summed E-state index contributed by atoms with van der Waals surface area (Å²) < 4.78 is 7.63. The summed E-state index contributed by atoms with van der Waals surface area (Å²) in [6.07, 6.45) is 5.81. The number of carbonyl (C=O) groups excluding carboxylic acids is 1. The van der Waals surface area contributed by atoms with E-state index >= 15 is 0 Å². The van der Waals surface area contributed by atoms with Gasteiger partial charge >= 0.3 is 0 Å². The van der Waals surface area contributed by atoms with Crippen molar-refractivity contribution < 1.29 is 9.21 Å². The number of amides is 1. The van der Waals surface area contributed by atoms with Gasteiger partial charge in [-0.2, -0.15) is 5.10 Å². The van der Waals surface area contributed by atoms with E-state index < -0.39 is 0 Å². The maximum absolute atomic E-state index is 13.0. The minimum absolute atomic E-state index is 0.0231. The second-order valence-electron chi connectivity index (χ2n) is 6.16. The van der Waals surface area contributed by atoms with Crippen LogP contribution in [0.5, 0.6) is 0 Å². The first-order valence-electron chi connectivity index (χ1n) is 7.93. The Hall–Kier alpha value is -2.56. The van der Waals surface area contributed by atoms with Crippen molar-refractivity contribution in [2.24, 2.45) is 7.05 Å². The minimum Gasteiger partial charge on any atom is -0.451 e. The van der Waals surface area contributed by atoms with Gasteiger partial charge in [0.05, 0.1) is 12.2 Å². The Morgan fingerprint density at radius 3 is 2.91 bits per heavy atom. The summed E-state index contributed by atoms with van der Waals surface area (Å²) in [5.74, 6) is 0.437. The van der Waals surface area contributed by atoms with E-state index in [1.54, 1.807) is 4.68 Å². The van der Waals surface area contributed by atoms with E-state index in [4.69, 9.17) is 4.42 Å². The number of hydrogen-bond acceptors (Lipinski definition) is 3. The molecule has 23 heavy (non-hydrogen) atoms. The van der Waals surface area contributed by atoms with Crippen molar-refractivity contribution in [2.45, 2.75) is 25.8 Å². The third-order valence-corrected chi connectivity index (χ3v) is 4.66. The molecule has 1 aromatic carbocycles. The highest BCUT2D eigenvalue weighted by Crippen LogP contribution is 2.35. The number of carbonyl (C=O) groups is 1. The standard InChI is InChI=1S/C18H19N3O2/c1-12-14-6-3-4-8-16(14)23-17(12)18(22)21-9-5-7-15(21)13-10-19-20(2)11-13/h3-4,6,8,10-11,15H,5,7,9H2,1-2H3/t15-/m1/s1. The summed E-state index contributed by atoms with van der Waals surface area (Å²) in [4.78, 5) is 15.0. The van der Waals surface area contributed by atoms with Crippen molar-refractivity contribution in [1.82, 2.24) is 14.7 Å². The van der Waals surface area contributed by atoms with Crippen LogP contribution < -0.4 is 0 Å². The van der Waals surface area contributed by atoms with Gasteiger partial charge in [0.25, 0.3) is 5.91 Å². The number of aryl methyl sites for hydroxylation is 2. The monoisotopic (exact) mass is 309 g/mol. The lowest BCUT2D eigenvalue weighted by atomic mass is 10.1. The van der Waals surface area contributed by atoms with Crippen molar-refractivity contribution in [3.63, 3.8) is 0 Å². The Morgan fingerprint density at radius 1 is 1.35 bits per heavy atom. The molecule has 1 aliphatic heterocycles. The molecule has 1 fully saturated rings. The molecule has 0 radical (unpaired) electrons.